The summed E-state index contributed by atoms with van der Waals surface area (Å²) in [5, 5.41) is 13.3. The molecule has 0 aliphatic rings. The number of hydrogen-bond acceptors (Lipinski definition) is 3. The predicted molar refractivity (Wildman–Crippen MR) is 90.6 cm³/mol. The van der Waals surface area contributed by atoms with Crippen molar-refractivity contribution in [3.8, 4) is 0 Å². The Labute approximate surface area is 145 Å². The van der Waals surface area contributed by atoms with E-state index in [-0.39, 0.29) is 5.56 Å². The molecule has 1 atom stereocenters. The minimum absolute atomic E-state index is 0.291. The highest BCUT2D eigenvalue weighted by Gasteiger charge is 2.55. The lowest BCUT2D eigenvalue weighted by atomic mass is 9.93. The minimum atomic E-state index is -4.93. The summed E-state index contributed by atoms with van der Waals surface area (Å²) in [5.74, 6) is -0.653. The summed E-state index contributed by atoms with van der Waals surface area (Å²) < 4.78 is 41.1. The van der Waals surface area contributed by atoms with Crippen molar-refractivity contribution in [1.29, 1.82) is 0 Å². The summed E-state index contributed by atoms with van der Waals surface area (Å²) in [6.07, 6.45) is -4.93. The van der Waals surface area contributed by atoms with Crippen molar-refractivity contribution in [2.75, 3.05) is 6.54 Å². The molecule has 0 radical (unpaired) electrons. The van der Waals surface area contributed by atoms with Crippen LogP contribution >= 0.6 is 11.3 Å². The Bertz CT molecular complexity index is 859. The molecule has 3 rings (SSSR count). The summed E-state index contributed by atoms with van der Waals surface area (Å²) in [6.45, 7) is -0.965. The van der Waals surface area contributed by atoms with Crippen molar-refractivity contribution in [1.82, 2.24) is 5.32 Å². The average Bonchev–Trinajstić information content (AvgIpc) is 3.03. The number of nitrogens with one attached hydrogen (secondary N) is 1. The Morgan fingerprint density at radius 2 is 1.68 bits per heavy atom. The highest BCUT2D eigenvalue weighted by Crippen LogP contribution is 2.38. The number of aliphatic hydroxyl groups is 1. The van der Waals surface area contributed by atoms with Crippen molar-refractivity contribution in [3.05, 3.63) is 71.1 Å². The molecule has 0 bridgehead atoms. The standard InChI is InChI=1S/C18H14F3NO2S/c19-18(20,21)17(24,13-7-2-1-3-8-13)11-22-16(23)15-10-12-6-4-5-9-14(12)25-15/h1-10,24H,11H2,(H,22,23)/t17-/m1/s1. The Morgan fingerprint density at radius 1 is 1.04 bits per heavy atom. The van der Waals surface area contributed by atoms with Gasteiger partial charge in [-0.25, -0.2) is 0 Å². The highest BCUT2D eigenvalue weighted by molar-refractivity contribution is 7.20. The number of benzene rings is 2. The molecule has 1 amide bonds. The van der Waals surface area contributed by atoms with Gasteiger partial charge >= 0.3 is 6.18 Å². The maximum atomic E-state index is 13.4. The van der Waals surface area contributed by atoms with E-state index in [1.807, 2.05) is 24.3 Å². The first kappa shape index (κ1) is 17.4. The third-order valence-electron chi connectivity index (χ3n) is 3.87. The molecular weight excluding hydrogens is 351 g/mol. The van der Waals surface area contributed by atoms with Crippen LogP contribution in [0, 0.1) is 0 Å². The van der Waals surface area contributed by atoms with Crippen LogP contribution in [0.25, 0.3) is 10.1 Å². The number of thiophene rings is 1. The van der Waals surface area contributed by atoms with Gasteiger partial charge < -0.3 is 10.4 Å². The van der Waals surface area contributed by atoms with Gasteiger partial charge in [0.1, 0.15) is 0 Å². The molecule has 0 saturated carbocycles. The molecule has 130 valence electrons. The monoisotopic (exact) mass is 365 g/mol. The molecule has 0 saturated heterocycles. The second-order valence-corrected chi connectivity index (χ2v) is 6.64. The molecule has 2 N–H and O–H groups in total. The third-order valence-corrected chi connectivity index (χ3v) is 4.99. The zero-order valence-electron chi connectivity index (χ0n) is 12.9. The first-order valence-electron chi connectivity index (χ1n) is 7.43. The van der Waals surface area contributed by atoms with Crippen LogP contribution in [0.4, 0.5) is 13.2 Å². The van der Waals surface area contributed by atoms with Gasteiger partial charge in [0.2, 0.25) is 5.60 Å². The lowest BCUT2D eigenvalue weighted by Gasteiger charge is -2.31. The maximum absolute atomic E-state index is 13.4. The normalized spacial score (nSPS) is 14.2. The molecule has 25 heavy (non-hydrogen) atoms. The molecule has 0 spiro atoms. The van der Waals surface area contributed by atoms with E-state index in [9.17, 15) is 23.1 Å². The molecule has 1 aromatic heterocycles. The van der Waals surface area contributed by atoms with Crippen LogP contribution in [0.15, 0.2) is 60.7 Å². The van der Waals surface area contributed by atoms with Gasteiger partial charge in [-0.15, -0.1) is 11.3 Å². The molecular formula is C18H14F3NO2S. The quantitative estimate of drug-likeness (QED) is 0.732. The lowest BCUT2D eigenvalue weighted by Crippen LogP contribution is -2.51. The largest absolute Gasteiger partial charge is 0.423 e. The minimum Gasteiger partial charge on any atom is -0.375 e. The van der Waals surface area contributed by atoms with Gasteiger partial charge in [0.25, 0.3) is 5.91 Å². The molecule has 0 aliphatic carbocycles. The fourth-order valence-electron chi connectivity index (χ4n) is 2.47. The van der Waals surface area contributed by atoms with Gasteiger partial charge in [-0.05, 0) is 23.1 Å². The van der Waals surface area contributed by atoms with E-state index >= 15 is 0 Å². The van der Waals surface area contributed by atoms with E-state index in [0.717, 1.165) is 10.1 Å². The van der Waals surface area contributed by atoms with Crippen molar-refractivity contribution in [2.45, 2.75) is 11.8 Å². The number of carbonyl (C=O) groups excluding carboxylic acids is 1. The molecule has 7 heteroatoms. The molecule has 3 nitrogen and oxygen atoms in total. The van der Waals surface area contributed by atoms with Crippen LogP contribution in [-0.4, -0.2) is 23.7 Å². The van der Waals surface area contributed by atoms with E-state index in [2.05, 4.69) is 5.32 Å². The van der Waals surface area contributed by atoms with Gasteiger partial charge in [0.15, 0.2) is 0 Å². The summed E-state index contributed by atoms with van der Waals surface area (Å²) in [7, 11) is 0. The first-order chi connectivity index (χ1) is 11.8. The number of amides is 1. The van der Waals surface area contributed by atoms with E-state index in [4.69, 9.17) is 0 Å². The lowest BCUT2D eigenvalue weighted by molar-refractivity contribution is -0.263. The van der Waals surface area contributed by atoms with Crippen molar-refractivity contribution in [3.63, 3.8) is 0 Å². The molecule has 1 heterocycles. The summed E-state index contributed by atoms with van der Waals surface area (Å²) in [5.41, 5.74) is -3.47. The number of halogens is 3. The predicted octanol–water partition coefficient (Wildman–Crippen LogP) is 4.08. The molecule has 2 aromatic carbocycles. The summed E-state index contributed by atoms with van der Waals surface area (Å²) >= 11 is 1.18. The first-order valence-corrected chi connectivity index (χ1v) is 8.24. The SMILES string of the molecule is O=C(NC[C@@](O)(c1ccccc1)C(F)(F)F)c1cc2ccccc2s1. The maximum Gasteiger partial charge on any atom is 0.423 e. The number of rotatable bonds is 4. The third kappa shape index (κ3) is 3.38. The summed E-state index contributed by atoms with van der Waals surface area (Å²) in [6, 6.07) is 15.6. The average molecular weight is 365 g/mol. The summed E-state index contributed by atoms with van der Waals surface area (Å²) in [4.78, 5) is 12.5. The van der Waals surface area contributed by atoms with Crippen LogP contribution in [-0.2, 0) is 5.60 Å². The van der Waals surface area contributed by atoms with Crippen LogP contribution in [0.1, 0.15) is 15.2 Å². The van der Waals surface area contributed by atoms with Crippen molar-refractivity contribution < 1.29 is 23.1 Å². The Kier molecular flexibility index (Phi) is 4.53. The second-order valence-electron chi connectivity index (χ2n) is 5.56. The molecule has 0 aliphatic heterocycles. The van der Waals surface area contributed by atoms with Gasteiger partial charge in [0.05, 0.1) is 11.4 Å². The number of carbonyl (C=O) groups is 1. The van der Waals surface area contributed by atoms with Crippen LogP contribution in [0.5, 0.6) is 0 Å². The van der Waals surface area contributed by atoms with E-state index in [1.54, 1.807) is 12.1 Å². The number of hydrogen-bond donors (Lipinski definition) is 2. The van der Waals surface area contributed by atoms with E-state index in [1.165, 1.54) is 35.6 Å². The van der Waals surface area contributed by atoms with Crippen LogP contribution in [0.3, 0.4) is 0 Å². The van der Waals surface area contributed by atoms with Crippen molar-refractivity contribution in [2.24, 2.45) is 0 Å². The fourth-order valence-corrected chi connectivity index (χ4v) is 3.45. The van der Waals surface area contributed by atoms with E-state index in [0.29, 0.717) is 4.88 Å². The highest BCUT2D eigenvalue weighted by atomic mass is 32.1. The smallest absolute Gasteiger partial charge is 0.375 e. The van der Waals surface area contributed by atoms with Gasteiger partial charge in [-0.1, -0.05) is 48.5 Å². The molecule has 0 fully saturated rings. The zero-order valence-corrected chi connectivity index (χ0v) is 13.7. The van der Waals surface area contributed by atoms with Crippen molar-refractivity contribution >= 4 is 27.3 Å². The number of alkyl halides is 3. The topological polar surface area (TPSA) is 49.3 Å². The van der Waals surface area contributed by atoms with Crippen LogP contribution in [0.2, 0.25) is 0 Å². The number of fused-ring (bicyclic) bond motifs is 1. The molecule has 0 unspecified atom stereocenters. The molecule has 3 aromatic rings. The Morgan fingerprint density at radius 3 is 2.32 bits per heavy atom. The Hall–Kier alpha value is -2.38. The fraction of sp³-hybridized carbons (Fsp3) is 0.167. The zero-order chi connectivity index (χ0) is 18.1. The van der Waals surface area contributed by atoms with Gasteiger partial charge in [-0.3, -0.25) is 4.79 Å². The van der Waals surface area contributed by atoms with Gasteiger partial charge in [0, 0.05) is 4.70 Å². The second kappa shape index (κ2) is 6.50. The Balaban J connectivity index is 1.82. The van der Waals surface area contributed by atoms with Gasteiger partial charge in [-0.2, -0.15) is 13.2 Å². The van der Waals surface area contributed by atoms with Crippen LogP contribution < -0.4 is 5.32 Å². The van der Waals surface area contributed by atoms with E-state index < -0.39 is 24.2 Å².